The molecule has 1 aromatic rings. The van der Waals surface area contributed by atoms with Crippen molar-refractivity contribution in [3.8, 4) is 0 Å². The zero-order chi connectivity index (χ0) is 15.5. The molecule has 1 amide bonds. The fraction of sp³-hybridized carbons (Fsp3) is 0.706. The van der Waals surface area contributed by atoms with Crippen LogP contribution < -0.4 is 4.90 Å². The van der Waals surface area contributed by atoms with E-state index in [2.05, 4.69) is 16.0 Å². The smallest absolute Gasteiger partial charge is 0.225 e. The molecule has 120 valence electrons. The van der Waals surface area contributed by atoms with E-state index in [0.29, 0.717) is 12.0 Å². The zero-order valence-electron chi connectivity index (χ0n) is 13.7. The molecule has 0 unspecified atom stereocenters. The third-order valence-electron chi connectivity index (χ3n) is 5.07. The molecule has 1 saturated carbocycles. The summed E-state index contributed by atoms with van der Waals surface area (Å²) in [4.78, 5) is 25.2. The molecule has 1 aliphatic carbocycles. The van der Waals surface area contributed by atoms with Crippen LogP contribution >= 0.6 is 0 Å². The maximum Gasteiger partial charge on any atom is 0.225 e. The monoisotopic (exact) mass is 302 g/mol. The normalized spacial score (nSPS) is 22.3. The van der Waals surface area contributed by atoms with Crippen molar-refractivity contribution in [1.82, 2.24) is 14.9 Å². The SMILES string of the molecule is CCN(C(C)=O)[C@@H]1CCN(c2nccc(C3CCCC3)n2)C1. The van der Waals surface area contributed by atoms with Crippen molar-refractivity contribution in [2.75, 3.05) is 24.5 Å². The first-order valence-corrected chi connectivity index (χ1v) is 8.54. The van der Waals surface area contributed by atoms with Gasteiger partial charge < -0.3 is 9.80 Å². The Morgan fingerprint density at radius 2 is 2.14 bits per heavy atom. The van der Waals surface area contributed by atoms with Gasteiger partial charge in [0.2, 0.25) is 11.9 Å². The second-order valence-electron chi connectivity index (χ2n) is 6.46. The van der Waals surface area contributed by atoms with Crippen LogP contribution in [0.2, 0.25) is 0 Å². The number of nitrogens with zero attached hydrogens (tertiary/aromatic N) is 4. The molecule has 0 spiro atoms. The molecule has 1 aromatic heterocycles. The van der Waals surface area contributed by atoms with Crippen LogP contribution in [0.15, 0.2) is 12.3 Å². The second-order valence-corrected chi connectivity index (χ2v) is 6.46. The van der Waals surface area contributed by atoms with E-state index in [0.717, 1.165) is 32.0 Å². The minimum atomic E-state index is 0.162. The summed E-state index contributed by atoms with van der Waals surface area (Å²) < 4.78 is 0. The lowest BCUT2D eigenvalue weighted by Gasteiger charge is -2.26. The highest BCUT2D eigenvalue weighted by Crippen LogP contribution is 2.33. The number of aromatic nitrogens is 2. The molecule has 2 heterocycles. The van der Waals surface area contributed by atoms with Gasteiger partial charge in [0, 0.05) is 44.4 Å². The van der Waals surface area contributed by atoms with E-state index in [1.54, 1.807) is 6.92 Å². The van der Waals surface area contributed by atoms with Gasteiger partial charge in [-0.2, -0.15) is 0 Å². The van der Waals surface area contributed by atoms with E-state index in [9.17, 15) is 4.79 Å². The lowest BCUT2D eigenvalue weighted by molar-refractivity contribution is -0.130. The predicted octanol–water partition coefficient (Wildman–Crippen LogP) is 2.58. The summed E-state index contributed by atoms with van der Waals surface area (Å²) in [6, 6.07) is 2.36. The Morgan fingerprint density at radius 3 is 2.82 bits per heavy atom. The first-order valence-electron chi connectivity index (χ1n) is 8.54. The molecule has 22 heavy (non-hydrogen) atoms. The Kier molecular flexibility index (Phi) is 4.60. The number of amides is 1. The van der Waals surface area contributed by atoms with Gasteiger partial charge in [-0.05, 0) is 32.3 Å². The molecule has 0 bridgehead atoms. The molecular formula is C17H26N4O. The van der Waals surface area contributed by atoms with Gasteiger partial charge in [-0.3, -0.25) is 4.79 Å². The van der Waals surface area contributed by atoms with Crippen LogP contribution in [0.5, 0.6) is 0 Å². The van der Waals surface area contributed by atoms with Crippen LogP contribution in [-0.2, 0) is 4.79 Å². The molecule has 3 rings (SSSR count). The molecule has 0 aromatic carbocycles. The average molecular weight is 302 g/mol. The van der Waals surface area contributed by atoms with Crippen molar-refractivity contribution in [3.63, 3.8) is 0 Å². The molecule has 2 aliphatic rings. The van der Waals surface area contributed by atoms with Crippen LogP contribution in [0.4, 0.5) is 5.95 Å². The highest BCUT2D eigenvalue weighted by atomic mass is 16.2. The first kappa shape index (κ1) is 15.3. The highest BCUT2D eigenvalue weighted by molar-refractivity contribution is 5.73. The lowest BCUT2D eigenvalue weighted by Crippen LogP contribution is -2.40. The Labute approximate surface area is 132 Å². The molecule has 2 fully saturated rings. The zero-order valence-corrected chi connectivity index (χ0v) is 13.7. The van der Waals surface area contributed by atoms with Gasteiger partial charge in [-0.25, -0.2) is 9.97 Å². The summed E-state index contributed by atoms with van der Waals surface area (Å²) in [5.41, 5.74) is 1.20. The Bertz CT molecular complexity index is 527. The number of hydrogen-bond acceptors (Lipinski definition) is 4. The third kappa shape index (κ3) is 3.08. The minimum absolute atomic E-state index is 0.162. The fourth-order valence-electron chi connectivity index (χ4n) is 3.88. The molecular weight excluding hydrogens is 276 g/mol. The van der Waals surface area contributed by atoms with Gasteiger partial charge in [0.25, 0.3) is 0 Å². The van der Waals surface area contributed by atoms with E-state index in [1.165, 1.54) is 31.4 Å². The van der Waals surface area contributed by atoms with Crippen molar-refractivity contribution in [2.45, 2.75) is 57.9 Å². The Hall–Kier alpha value is -1.65. The topological polar surface area (TPSA) is 49.3 Å². The Balaban J connectivity index is 1.70. The van der Waals surface area contributed by atoms with Gasteiger partial charge in [-0.1, -0.05) is 12.8 Å². The summed E-state index contributed by atoms with van der Waals surface area (Å²) in [5, 5.41) is 0. The minimum Gasteiger partial charge on any atom is -0.339 e. The van der Waals surface area contributed by atoms with Gasteiger partial charge in [0.1, 0.15) is 0 Å². The highest BCUT2D eigenvalue weighted by Gasteiger charge is 2.30. The summed E-state index contributed by atoms with van der Waals surface area (Å²) in [6.45, 7) is 6.26. The second kappa shape index (κ2) is 6.63. The van der Waals surface area contributed by atoms with Crippen LogP contribution in [0.1, 0.15) is 57.6 Å². The fourth-order valence-corrected chi connectivity index (χ4v) is 3.88. The molecule has 5 heteroatoms. The van der Waals surface area contributed by atoms with E-state index in [-0.39, 0.29) is 5.91 Å². The van der Waals surface area contributed by atoms with Gasteiger partial charge in [0.05, 0.1) is 6.04 Å². The first-order chi connectivity index (χ1) is 10.7. The summed E-state index contributed by atoms with van der Waals surface area (Å²) in [6.07, 6.45) is 8.05. The molecule has 0 radical (unpaired) electrons. The third-order valence-corrected chi connectivity index (χ3v) is 5.07. The molecule has 1 atom stereocenters. The maximum absolute atomic E-state index is 11.7. The average Bonchev–Trinajstić information content (AvgIpc) is 3.20. The molecule has 1 saturated heterocycles. The summed E-state index contributed by atoms with van der Waals surface area (Å²) >= 11 is 0. The van der Waals surface area contributed by atoms with Crippen molar-refractivity contribution in [1.29, 1.82) is 0 Å². The van der Waals surface area contributed by atoms with Crippen LogP contribution in [0.25, 0.3) is 0 Å². The van der Waals surface area contributed by atoms with Crippen molar-refractivity contribution in [3.05, 3.63) is 18.0 Å². The number of rotatable bonds is 4. The van der Waals surface area contributed by atoms with Crippen LogP contribution in [0, 0.1) is 0 Å². The number of hydrogen-bond donors (Lipinski definition) is 0. The van der Waals surface area contributed by atoms with E-state index < -0.39 is 0 Å². The molecule has 0 N–H and O–H groups in total. The predicted molar refractivity (Wildman–Crippen MR) is 86.9 cm³/mol. The van der Waals surface area contributed by atoms with Crippen molar-refractivity contribution in [2.24, 2.45) is 0 Å². The van der Waals surface area contributed by atoms with Crippen molar-refractivity contribution < 1.29 is 4.79 Å². The largest absolute Gasteiger partial charge is 0.339 e. The van der Waals surface area contributed by atoms with Crippen LogP contribution in [-0.4, -0.2) is 46.5 Å². The maximum atomic E-state index is 11.7. The Morgan fingerprint density at radius 1 is 1.36 bits per heavy atom. The lowest BCUT2D eigenvalue weighted by atomic mass is 10.0. The summed E-state index contributed by atoms with van der Waals surface area (Å²) in [5.74, 6) is 1.62. The van der Waals surface area contributed by atoms with E-state index >= 15 is 0 Å². The quantitative estimate of drug-likeness (QED) is 0.858. The van der Waals surface area contributed by atoms with Crippen molar-refractivity contribution >= 4 is 11.9 Å². The number of carbonyl (C=O) groups excluding carboxylic acids is 1. The van der Waals surface area contributed by atoms with Gasteiger partial charge >= 0.3 is 0 Å². The molecule has 1 aliphatic heterocycles. The van der Waals surface area contributed by atoms with Gasteiger partial charge in [-0.15, -0.1) is 0 Å². The number of likely N-dealkylation sites (N-methyl/N-ethyl adjacent to an activating group) is 1. The van der Waals surface area contributed by atoms with E-state index in [1.807, 2.05) is 18.0 Å². The summed E-state index contributed by atoms with van der Waals surface area (Å²) in [7, 11) is 0. The number of carbonyl (C=O) groups is 1. The molecule has 5 nitrogen and oxygen atoms in total. The van der Waals surface area contributed by atoms with Gasteiger partial charge in [0.15, 0.2) is 0 Å². The van der Waals surface area contributed by atoms with E-state index in [4.69, 9.17) is 4.98 Å². The van der Waals surface area contributed by atoms with Crippen LogP contribution in [0.3, 0.4) is 0 Å². The standard InChI is InChI=1S/C17H26N4O/c1-3-21(13(2)22)15-9-11-20(12-15)17-18-10-8-16(19-17)14-6-4-5-7-14/h8,10,14-15H,3-7,9,11-12H2,1-2H3/t15-/m1/s1. The number of anilines is 1.